The highest BCUT2D eigenvalue weighted by Gasteiger charge is 2.50. The minimum atomic E-state index is -1.93. The number of allylic oxidation sites excluding steroid dienone is 26. The van der Waals surface area contributed by atoms with Gasteiger partial charge in [-0.2, -0.15) is 0 Å². The molecule has 3 N–H and O–H groups in total. The Hall–Kier alpha value is -5.66. The second-order valence-electron chi connectivity index (χ2n) is 20.5. The van der Waals surface area contributed by atoms with Gasteiger partial charge in [0.15, 0.2) is 24.6 Å². The number of carbonyl (C=O) groups excluding carboxylic acids is 3. The molecule has 6 unspecified atom stereocenters. The molecule has 1 aliphatic heterocycles. The first-order valence-electron chi connectivity index (χ1n) is 31.5. The third-order valence-corrected chi connectivity index (χ3v) is 13.1. The molecule has 1 fully saturated rings. The van der Waals surface area contributed by atoms with Crippen LogP contribution in [0.5, 0.6) is 0 Å². The Morgan fingerprint density at radius 2 is 0.735 bits per heavy atom. The molecule has 0 radical (unpaired) electrons. The van der Waals surface area contributed by atoms with Crippen LogP contribution in [0.4, 0.5) is 0 Å². The Bertz CT molecular complexity index is 2050. The second-order valence-corrected chi connectivity index (χ2v) is 20.5. The molecule has 0 amide bonds. The van der Waals surface area contributed by atoms with Crippen molar-refractivity contribution >= 4 is 23.9 Å². The van der Waals surface area contributed by atoms with Gasteiger partial charge in [0.2, 0.25) is 0 Å². The number of esters is 3. The number of aliphatic hydroxyl groups is 2. The van der Waals surface area contributed by atoms with Gasteiger partial charge in [0.05, 0.1) is 6.61 Å². The average Bonchev–Trinajstić information content (AvgIpc) is 3.59. The Balaban J connectivity index is 2.75. The van der Waals surface area contributed by atoms with Crippen LogP contribution in [0.15, 0.2) is 158 Å². The standard InChI is InChI=1S/C71H108O12/c1-4-7-10-13-16-19-22-25-28-31-32-35-36-39-42-45-48-51-54-57-63(72)79-60-62(81-64(73)58-55-52-49-46-43-40-37-33-29-26-23-20-17-14-11-8-5-2)61-80-71-69(67(76)66(75)68(83-71)70(77)78)82-65(74)59-56-53-50-47-44-41-38-34-30-27-24-21-18-15-12-9-6-3/h7-12,16-21,25-30,32,35,37-38,40-41,46,49,62,66-69,71,75-76H,4-6,13-15,22-24,31,33-34,36,39,42-45,47-48,50-61H2,1-3H3,(H,77,78)/b10-7-,11-8-,12-9-,19-16-,20-17-,21-18-,28-25-,29-26-,30-27-,35-32-,40-37-,41-38-,49-46-. The van der Waals surface area contributed by atoms with Crippen LogP contribution < -0.4 is 0 Å². The van der Waals surface area contributed by atoms with Crippen molar-refractivity contribution in [2.24, 2.45) is 0 Å². The number of hydrogen-bond donors (Lipinski definition) is 3. The van der Waals surface area contributed by atoms with E-state index in [1.165, 1.54) is 0 Å². The number of aliphatic hydroxyl groups excluding tert-OH is 2. The van der Waals surface area contributed by atoms with Crippen molar-refractivity contribution < 1.29 is 58.2 Å². The highest BCUT2D eigenvalue weighted by Crippen LogP contribution is 2.26. The lowest BCUT2D eigenvalue weighted by molar-refractivity contribution is -0.301. The molecule has 0 spiro atoms. The fourth-order valence-corrected chi connectivity index (χ4v) is 8.38. The largest absolute Gasteiger partial charge is 0.479 e. The lowest BCUT2D eigenvalue weighted by atomic mass is 9.98. The van der Waals surface area contributed by atoms with Crippen LogP contribution in [0.3, 0.4) is 0 Å². The van der Waals surface area contributed by atoms with Gasteiger partial charge < -0.3 is 39.0 Å². The zero-order chi connectivity index (χ0) is 60.3. The van der Waals surface area contributed by atoms with E-state index in [2.05, 4.69) is 167 Å². The number of ether oxygens (including phenoxy) is 5. The summed E-state index contributed by atoms with van der Waals surface area (Å²) >= 11 is 0. The number of carboxylic acids is 1. The highest BCUT2D eigenvalue weighted by molar-refractivity contribution is 5.74. The van der Waals surface area contributed by atoms with E-state index in [-0.39, 0.29) is 25.9 Å². The molecule has 83 heavy (non-hydrogen) atoms. The fourth-order valence-electron chi connectivity index (χ4n) is 8.38. The van der Waals surface area contributed by atoms with E-state index in [9.17, 15) is 34.5 Å². The van der Waals surface area contributed by atoms with Gasteiger partial charge in [-0.15, -0.1) is 0 Å². The Morgan fingerprint density at radius 1 is 0.398 bits per heavy atom. The quantitative estimate of drug-likeness (QED) is 0.0228. The number of unbranched alkanes of at least 4 members (excludes halogenated alkanes) is 11. The summed E-state index contributed by atoms with van der Waals surface area (Å²) in [6.45, 7) is 5.58. The summed E-state index contributed by atoms with van der Waals surface area (Å²) in [5.41, 5.74) is 0. The Kier molecular flexibility index (Phi) is 51.6. The molecule has 12 heteroatoms. The number of carboxylic acid groups (broad SMARTS) is 1. The molecule has 0 bridgehead atoms. The molecule has 1 rings (SSSR count). The van der Waals surface area contributed by atoms with Crippen molar-refractivity contribution in [3.63, 3.8) is 0 Å². The minimum absolute atomic E-state index is 0.0147. The first-order valence-corrected chi connectivity index (χ1v) is 31.5. The number of hydrogen-bond acceptors (Lipinski definition) is 11. The van der Waals surface area contributed by atoms with Crippen molar-refractivity contribution in [1.82, 2.24) is 0 Å². The molecule has 0 saturated carbocycles. The van der Waals surface area contributed by atoms with Crippen LogP contribution in [0.25, 0.3) is 0 Å². The van der Waals surface area contributed by atoms with Crippen LogP contribution >= 0.6 is 0 Å². The molecule has 1 heterocycles. The van der Waals surface area contributed by atoms with Crippen molar-refractivity contribution in [3.8, 4) is 0 Å². The Morgan fingerprint density at radius 3 is 1.13 bits per heavy atom. The molecule has 464 valence electrons. The number of aliphatic carboxylic acids is 1. The summed E-state index contributed by atoms with van der Waals surface area (Å²) < 4.78 is 28.4. The fraction of sp³-hybridized carbons (Fsp3) is 0.577. The van der Waals surface area contributed by atoms with Crippen molar-refractivity contribution in [3.05, 3.63) is 158 Å². The highest BCUT2D eigenvalue weighted by atomic mass is 16.7. The molecule has 0 aromatic carbocycles. The van der Waals surface area contributed by atoms with Crippen LogP contribution in [0, 0.1) is 0 Å². The van der Waals surface area contributed by atoms with E-state index >= 15 is 0 Å². The maximum absolute atomic E-state index is 13.2. The van der Waals surface area contributed by atoms with E-state index in [4.69, 9.17) is 23.7 Å². The van der Waals surface area contributed by atoms with Crippen molar-refractivity contribution in [1.29, 1.82) is 0 Å². The number of carbonyl (C=O) groups is 4. The third-order valence-electron chi connectivity index (χ3n) is 13.1. The SMILES string of the molecule is CC/C=C\C/C=C\C/C=C\C/C=C\C/C=C\CCCC(=O)OC(COC(=O)CCCCCCCC/C=C\C/C=C\C/C=C\C/C=C\CC)COC1OC(C(=O)O)C(O)C(O)C1OC(=O)CCCCCC/C=C\C/C=C\C/C=C\C/C=C\CC. The van der Waals surface area contributed by atoms with E-state index < -0.39 is 67.3 Å². The zero-order valence-corrected chi connectivity index (χ0v) is 51.1. The molecule has 0 aromatic heterocycles. The van der Waals surface area contributed by atoms with Crippen molar-refractivity contribution in [2.45, 2.75) is 250 Å². The lowest BCUT2D eigenvalue weighted by Gasteiger charge is -2.40. The molecule has 12 nitrogen and oxygen atoms in total. The molecule has 0 aromatic rings. The van der Waals surface area contributed by atoms with Gasteiger partial charge in [0.1, 0.15) is 18.8 Å². The number of rotatable bonds is 51. The topological polar surface area (TPSA) is 175 Å². The van der Waals surface area contributed by atoms with Crippen LogP contribution in [-0.2, 0) is 42.9 Å². The lowest BCUT2D eigenvalue weighted by Crippen LogP contribution is -2.61. The predicted octanol–water partition coefficient (Wildman–Crippen LogP) is 16.9. The van der Waals surface area contributed by atoms with E-state index in [1.807, 2.05) is 12.2 Å². The van der Waals surface area contributed by atoms with E-state index in [0.717, 1.165) is 148 Å². The molecule has 1 saturated heterocycles. The summed E-state index contributed by atoms with van der Waals surface area (Å²) in [7, 11) is 0. The van der Waals surface area contributed by atoms with Gasteiger partial charge in [-0.1, -0.05) is 217 Å². The summed E-state index contributed by atoms with van der Waals surface area (Å²) in [5, 5.41) is 31.6. The molecule has 0 aliphatic carbocycles. The average molecular weight is 1150 g/mol. The minimum Gasteiger partial charge on any atom is -0.479 e. The van der Waals surface area contributed by atoms with Crippen LogP contribution in [0.1, 0.15) is 213 Å². The van der Waals surface area contributed by atoms with Gasteiger partial charge in [-0.05, 0) is 135 Å². The summed E-state index contributed by atoms with van der Waals surface area (Å²) in [4.78, 5) is 51.3. The normalized spacial score (nSPS) is 18.7. The van der Waals surface area contributed by atoms with Gasteiger partial charge >= 0.3 is 23.9 Å². The smallest absolute Gasteiger partial charge is 0.335 e. The third kappa shape index (κ3) is 46.4. The van der Waals surface area contributed by atoms with Gasteiger partial charge in [0, 0.05) is 19.3 Å². The monoisotopic (exact) mass is 1150 g/mol. The predicted molar refractivity (Wildman–Crippen MR) is 339 cm³/mol. The molecular formula is C71H108O12. The van der Waals surface area contributed by atoms with Crippen LogP contribution in [0.2, 0.25) is 0 Å². The molecule has 6 atom stereocenters. The maximum atomic E-state index is 13.2. The van der Waals surface area contributed by atoms with E-state index in [0.29, 0.717) is 25.7 Å². The summed E-state index contributed by atoms with van der Waals surface area (Å²) in [6, 6.07) is 0. The zero-order valence-electron chi connectivity index (χ0n) is 51.1. The molecular weight excluding hydrogens is 1040 g/mol. The maximum Gasteiger partial charge on any atom is 0.335 e. The van der Waals surface area contributed by atoms with E-state index in [1.54, 1.807) is 0 Å². The second kappa shape index (κ2) is 56.8. The first-order chi connectivity index (χ1) is 40.6. The summed E-state index contributed by atoms with van der Waals surface area (Å²) in [5.74, 6) is -3.28. The Labute approximate surface area is 501 Å². The summed E-state index contributed by atoms with van der Waals surface area (Å²) in [6.07, 6.45) is 70.6. The van der Waals surface area contributed by atoms with Gasteiger partial charge in [-0.25, -0.2) is 4.79 Å². The van der Waals surface area contributed by atoms with Gasteiger partial charge in [0.25, 0.3) is 0 Å². The first kappa shape index (κ1) is 75.4. The van der Waals surface area contributed by atoms with Gasteiger partial charge in [-0.3, -0.25) is 14.4 Å². The van der Waals surface area contributed by atoms with Crippen LogP contribution in [-0.4, -0.2) is 89.2 Å². The van der Waals surface area contributed by atoms with Crippen molar-refractivity contribution in [2.75, 3.05) is 13.2 Å². The molecule has 1 aliphatic rings.